The van der Waals surface area contributed by atoms with Crippen LogP contribution in [0, 0.1) is 5.92 Å². The van der Waals surface area contributed by atoms with Gasteiger partial charge in [0.1, 0.15) is 6.61 Å². The van der Waals surface area contributed by atoms with Gasteiger partial charge in [-0.3, -0.25) is 14.4 Å². The summed E-state index contributed by atoms with van der Waals surface area (Å²) in [5, 5.41) is 0. The van der Waals surface area contributed by atoms with Crippen LogP contribution in [0.4, 0.5) is 42.5 Å². The van der Waals surface area contributed by atoms with E-state index in [1.54, 1.807) is 30.3 Å². The number of carbonyl (C=O) groups is 4. The fraction of sp³-hybridized carbons (Fsp3) is 0.244. The molecule has 0 atom stereocenters. The number of imide groups is 2. The highest BCUT2D eigenvalue weighted by atomic mass is 32.2. The first kappa shape index (κ1) is 42.7. The molecule has 0 fully saturated rings. The van der Waals surface area contributed by atoms with Gasteiger partial charge in [-0.25, -0.2) is 14.6 Å². The van der Waals surface area contributed by atoms with Crippen molar-refractivity contribution in [3.05, 3.63) is 138 Å². The van der Waals surface area contributed by atoms with Crippen molar-refractivity contribution in [3.8, 4) is 22.3 Å². The Hall–Kier alpha value is -5.89. The van der Waals surface area contributed by atoms with Gasteiger partial charge in [0.05, 0.1) is 22.5 Å². The first-order chi connectivity index (χ1) is 28.0. The van der Waals surface area contributed by atoms with Crippen LogP contribution in [0.1, 0.15) is 55.4 Å². The van der Waals surface area contributed by atoms with Gasteiger partial charge in [-0.2, -0.15) is 26.3 Å². The maximum absolute atomic E-state index is 12.8. The van der Waals surface area contributed by atoms with E-state index >= 15 is 0 Å². The summed E-state index contributed by atoms with van der Waals surface area (Å²) in [5.74, 6) is -0.127. The fourth-order valence-corrected chi connectivity index (χ4v) is 7.58. The van der Waals surface area contributed by atoms with E-state index in [1.807, 2.05) is 50.2 Å². The summed E-state index contributed by atoms with van der Waals surface area (Å²) in [7, 11) is 0. The Morgan fingerprint density at radius 1 is 0.644 bits per heavy atom. The van der Waals surface area contributed by atoms with Gasteiger partial charge < -0.3 is 4.74 Å². The van der Waals surface area contributed by atoms with Crippen molar-refractivity contribution in [3.63, 3.8) is 0 Å². The molecule has 0 radical (unpaired) electrons. The molecule has 306 valence electrons. The Kier molecular flexibility index (Phi) is 13.0. The second-order valence-electron chi connectivity index (χ2n) is 14.3. The molecule has 0 unspecified atom stereocenters. The van der Waals surface area contributed by atoms with E-state index in [2.05, 4.69) is 0 Å². The number of hydrogen-bond acceptors (Lipinski definition) is 6. The molecule has 0 bridgehead atoms. The van der Waals surface area contributed by atoms with Gasteiger partial charge in [0.25, 0.3) is 0 Å². The summed E-state index contributed by atoms with van der Waals surface area (Å²) >= 11 is 1.47. The standard InChI is InChI=1S/C24H18F3NO3.C21H20F3NO2S/c25-24(26,27)20-10-6-17(7-11-20)18-8-12-21-19(14-18)9-13-22(29)28(21)23(30)31-15-16-4-2-1-3-5-16;1-13(2)11-20(27)25-17-8-5-15(12-18(17)28-10-9-19(25)26)14-3-6-16(7-4-14)21(22,23)24/h1-8,10-12,14H,9,13,15H2;3-8,12-13H,9-11H2,1-2H3. The smallest absolute Gasteiger partial charge is 0.421 e. The summed E-state index contributed by atoms with van der Waals surface area (Å²) in [4.78, 5) is 53.2. The number of amides is 4. The van der Waals surface area contributed by atoms with E-state index in [9.17, 15) is 45.5 Å². The largest absolute Gasteiger partial charge is 0.444 e. The molecular formula is C45H38F6N2O5S. The number of carbonyl (C=O) groups excluding carboxylic acids is 4. The third-order valence-electron chi connectivity index (χ3n) is 9.51. The van der Waals surface area contributed by atoms with E-state index in [0.717, 1.165) is 50.8 Å². The molecule has 0 spiro atoms. The van der Waals surface area contributed by atoms with Crippen LogP contribution in [0.3, 0.4) is 0 Å². The van der Waals surface area contributed by atoms with Crippen LogP contribution in [0.5, 0.6) is 0 Å². The number of halogens is 6. The van der Waals surface area contributed by atoms with Crippen LogP contribution in [0.25, 0.3) is 22.3 Å². The number of aryl methyl sites for hydroxylation is 1. The molecule has 2 aliphatic rings. The lowest BCUT2D eigenvalue weighted by molar-refractivity contribution is -0.138. The van der Waals surface area contributed by atoms with Gasteiger partial charge in [-0.05, 0) is 94.3 Å². The zero-order valence-electron chi connectivity index (χ0n) is 31.9. The van der Waals surface area contributed by atoms with Gasteiger partial charge in [0.2, 0.25) is 17.7 Å². The minimum absolute atomic E-state index is 0.0441. The van der Waals surface area contributed by atoms with Crippen molar-refractivity contribution in [2.75, 3.05) is 15.6 Å². The van der Waals surface area contributed by atoms with Crippen molar-refractivity contribution >= 4 is 47.0 Å². The molecule has 59 heavy (non-hydrogen) atoms. The van der Waals surface area contributed by atoms with E-state index in [4.69, 9.17) is 4.74 Å². The molecule has 2 heterocycles. The average Bonchev–Trinajstić information content (AvgIpc) is 3.37. The van der Waals surface area contributed by atoms with Crippen LogP contribution in [0.2, 0.25) is 0 Å². The number of anilines is 2. The molecule has 0 saturated carbocycles. The molecule has 7 rings (SSSR count). The highest BCUT2D eigenvalue weighted by molar-refractivity contribution is 7.99. The van der Waals surface area contributed by atoms with Crippen molar-refractivity contribution in [1.82, 2.24) is 0 Å². The highest BCUT2D eigenvalue weighted by Crippen LogP contribution is 2.39. The van der Waals surface area contributed by atoms with E-state index in [-0.39, 0.29) is 49.5 Å². The number of nitrogens with zero attached hydrogens (tertiary/aromatic N) is 2. The number of ether oxygens (including phenoxy) is 1. The molecule has 4 amide bonds. The van der Waals surface area contributed by atoms with Crippen molar-refractivity contribution in [2.24, 2.45) is 5.92 Å². The van der Waals surface area contributed by atoms with Gasteiger partial charge in [-0.1, -0.05) is 80.6 Å². The second-order valence-corrected chi connectivity index (χ2v) is 15.4. The van der Waals surface area contributed by atoms with E-state index in [1.165, 1.54) is 40.9 Å². The quantitative estimate of drug-likeness (QED) is 0.158. The third kappa shape index (κ3) is 10.4. The van der Waals surface area contributed by atoms with Crippen molar-refractivity contribution < 1.29 is 50.3 Å². The fourth-order valence-electron chi connectivity index (χ4n) is 6.56. The first-order valence-corrected chi connectivity index (χ1v) is 19.6. The Morgan fingerprint density at radius 2 is 1.17 bits per heavy atom. The SMILES string of the molecule is CC(C)CC(=O)N1C(=O)CCSc2cc(-c3ccc(C(F)(F)F)cc3)ccc21.O=C1CCc2cc(-c3ccc(C(F)(F)F)cc3)ccc2N1C(=O)OCc1ccccc1. The summed E-state index contributed by atoms with van der Waals surface area (Å²) in [6, 6.07) is 29.3. The zero-order chi connectivity index (χ0) is 42.5. The van der Waals surface area contributed by atoms with Gasteiger partial charge >= 0.3 is 18.4 Å². The Morgan fingerprint density at radius 3 is 1.73 bits per heavy atom. The number of benzene rings is 5. The minimum Gasteiger partial charge on any atom is -0.444 e. The molecule has 2 aliphatic heterocycles. The lowest BCUT2D eigenvalue weighted by atomic mass is 9.95. The van der Waals surface area contributed by atoms with Gasteiger partial charge in [0, 0.05) is 29.9 Å². The topological polar surface area (TPSA) is 84.0 Å². The maximum Gasteiger partial charge on any atom is 0.421 e. The van der Waals surface area contributed by atoms with Gasteiger partial charge in [0.15, 0.2) is 0 Å². The monoisotopic (exact) mass is 832 g/mol. The van der Waals surface area contributed by atoms with Crippen molar-refractivity contribution in [1.29, 1.82) is 0 Å². The number of alkyl halides is 6. The molecule has 14 heteroatoms. The van der Waals surface area contributed by atoms with Gasteiger partial charge in [-0.15, -0.1) is 11.8 Å². The molecule has 0 aliphatic carbocycles. The van der Waals surface area contributed by atoms with E-state index in [0.29, 0.717) is 40.2 Å². The first-order valence-electron chi connectivity index (χ1n) is 18.6. The lowest BCUT2D eigenvalue weighted by Crippen LogP contribution is -2.40. The Labute approximate surface area is 341 Å². The summed E-state index contributed by atoms with van der Waals surface area (Å²) in [6.07, 6.45) is -8.41. The molecule has 0 aromatic heterocycles. The average molecular weight is 833 g/mol. The second kappa shape index (κ2) is 17.9. The third-order valence-corrected chi connectivity index (χ3v) is 10.6. The molecule has 0 N–H and O–H groups in total. The Balaban J connectivity index is 0.000000199. The van der Waals surface area contributed by atoms with Crippen LogP contribution in [-0.2, 0) is 44.5 Å². The molecule has 7 nitrogen and oxygen atoms in total. The number of thioether (sulfide) groups is 1. The Bertz CT molecular complexity index is 2330. The predicted molar refractivity (Wildman–Crippen MR) is 213 cm³/mol. The normalized spacial score (nSPS) is 14.2. The summed E-state index contributed by atoms with van der Waals surface area (Å²) in [5.41, 5.74) is 3.84. The maximum atomic E-state index is 12.8. The van der Waals surface area contributed by atoms with Crippen LogP contribution in [-0.4, -0.2) is 29.6 Å². The van der Waals surface area contributed by atoms with E-state index < -0.39 is 29.6 Å². The summed E-state index contributed by atoms with van der Waals surface area (Å²) < 4.78 is 82.0. The zero-order valence-corrected chi connectivity index (χ0v) is 32.7. The van der Waals surface area contributed by atoms with Crippen LogP contribution < -0.4 is 9.80 Å². The lowest BCUT2D eigenvalue weighted by Gasteiger charge is -2.27. The number of hydrogen-bond donors (Lipinski definition) is 0. The molecule has 0 saturated heterocycles. The predicted octanol–water partition coefficient (Wildman–Crippen LogP) is 11.8. The van der Waals surface area contributed by atoms with Crippen LogP contribution >= 0.6 is 11.8 Å². The van der Waals surface area contributed by atoms with Crippen LogP contribution in [0.15, 0.2) is 120 Å². The molecule has 5 aromatic rings. The number of fused-ring (bicyclic) bond motifs is 2. The minimum atomic E-state index is -4.39. The molecule has 5 aromatic carbocycles. The van der Waals surface area contributed by atoms with Crippen molar-refractivity contribution in [2.45, 2.75) is 63.4 Å². The number of rotatable bonds is 6. The summed E-state index contributed by atoms with van der Waals surface area (Å²) in [6.45, 7) is 3.88. The molecular weight excluding hydrogens is 795 g/mol. The highest BCUT2D eigenvalue weighted by Gasteiger charge is 2.33.